The molecule has 186 valence electrons. The number of rotatable bonds is 5. The van der Waals surface area contributed by atoms with Crippen molar-refractivity contribution in [2.24, 2.45) is 10.4 Å². The van der Waals surface area contributed by atoms with Crippen LogP contribution in [0.25, 0.3) is 6.08 Å². The van der Waals surface area contributed by atoms with E-state index in [0.717, 1.165) is 11.3 Å². The lowest BCUT2D eigenvalue weighted by Gasteiger charge is -2.35. The molecular weight excluding hydrogens is 476 g/mol. The summed E-state index contributed by atoms with van der Waals surface area (Å²) in [4.78, 5) is 32.8. The summed E-state index contributed by atoms with van der Waals surface area (Å²) in [6.07, 6.45) is 2.91. The second-order valence-corrected chi connectivity index (χ2v) is 10.8. The molecule has 2 heterocycles. The number of ketones is 1. The van der Waals surface area contributed by atoms with Gasteiger partial charge in [0.2, 0.25) is 5.75 Å². The van der Waals surface area contributed by atoms with Crippen molar-refractivity contribution in [1.82, 2.24) is 4.57 Å². The molecule has 36 heavy (non-hydrogen) atoms. The van der Waals surface area contributed by atoms with E-state index in [1.807, 2.05) is 48.5 Å². The number of allylic oxidation sites excluding steroid dienone is 2. The number of nitrogens with zero attached hydrogens (tertiary/aromatic N) is 2. The maximum atomic E-state index is 13.8. The summed E-state index contributed by atoms with van der Waals surface area (Å²) in [5.41, 5.74) is 2.52. The molecule has 0 saturated heterocycles. The Balaban J connectivity index is 1.81. The third kappa shape index (κ3) is 4.05. The highest BCUT2D eigenvalue weighted by molar-refractivity contribution is 7.07. The van der Waals surface area contributed by atoms with Gasteiger partial charge in [-0.05, 0) is 41.2 Å². The summed E-state index contributed by atoms with van der Waals surface area (Å²) >= 11 is 1.34. The minimum Gasteiger partial charge on any atom is -0.493 e. The molecule has 0 bridgehead atoms. The molecule has 0 saturated carbocycles. The van der Waals surface area contributed by atoms with Crippen molar-refractivity contribution in [2.45, 2.75) is 32.7 Å². The van der Waals surface area contributed by atoms with Gasteiger partial charge in [0, 0.05) is 12.0 Å². The van der Waals surface area contributed by atoms with Crippen LogP contribution in [0.2, 0.25) is 0 Å². The van der Waals surface area contributed by atoms with Crippen molar-refractivity contribution in [1.29, 1.82) is 0 Å². The normalized spacial score (nSPS) is 18.9. The Morgan fingerprint density at radius 2 is 1.67 bits per heavy atom. The van der Waals surface area contributed by atoms with Gasteiger partial charge in [0.25, 0.3) is 5.56 Å². The zero-order valence-electron chi connectivity index (χ0n) is 21.0. The predicted molar refractivity (Wildman–Crippen MR) is 139 cm³/mol. The summed E-state index contributed by atoms with van der Waals surface area (Å²) in [7, 11) is 4.64. The first-order chi connectivity index (χ1) is 17.3. The maximum Gasteiger partial charge on any atom is 0.271 e. The number of aromatic nitrogens is 1. The van der Waals surface area contributed by atoms with Crippen molar-refractivity contribution in [2.75, 3.05) is 21.3 Å². The van der Waals surface area contributed by atoms with Crippen LogP contribution >= 0.6 is 11.3 Å². The first kappa shape index (κ1) is 24.1. The number of methoxy groups -OCH3 is 3. The van der Waals surface area contributed by atoms with Crippen LogP contribution in [0.3, 0.4) is 0 Å². The van der Waals surface area contributed by atoms with Gasteiger partial charge in [-0.15, -0.1) is 0 Å². The van der Waals surface area contributed by atoms with Crippen molar-refractivity contribution < 1.29 is 19.0 Å². The Bertz CT molecular complexity index is 1540. The molecule has 5 rings (SSSR count). The fourth-order valence-corrected chi connectivity index (χ4v) is 6.04. The highest BCUT2D eigenvalue weighted by atomic mass is 32.1. The van der Waals surface area contributed by atoms with Gasteiger partial charge >= 0.3 is 0 Å². The standard InChI is InChI=1S/C28H28N2O5S/c1-28(2)14-18-23(19(31)15-28)24(17-12-20(33-3)25(35-5)21(13-17)34-4)30-26(32)22(36-27(30)29-18)11-16-9-7-6-8-10-16/h6-13,24H,14-15H2,1-5H3. The van der Waals surface area contributed by atoms with Gasteiger partial charge in [-0.3, -0.25) is 14.2 Å². The van der Waals surface area contributed by atoms with Crippen molar-refractivity contribution in [3.8, 4) is 17.2 Å². The smallest absolute Gasteiger partial charge is 0.271 e. The number of hydrogen-bond acceptors (Lipinski definition) is 7. The molecule has 1 aliphatic heterocycles. The highest BCUT2D eigenvalue weighted by Gasteiger charge is 2.41. The van der Waals surface area contributed by atoms with E-state index in [1.54, 1.807) is 25.9 Å². The van der Waals surface area contributed by atoms with E-state index in [0.29, 0.717) is 50.6 Å². The van der Waals surface area contributed by atoms with E-state index in [9.17, 15) is 9.59 Å². The molecule has 7 nitrogen and oxygen atoms in total. The van der Waals surface area contributed by atoms with Crippen molar-refractivity contribution in [3.05, 3.63) is 84.5 Å². The molecule has 1 aromatic heterocycles. The highest BCUT2D eigenvalue weighted by Crippen LogP contribution is 2.46. The Hall–Kier alpha value is -3.65. The van der Waals surface area contributed by atoms with E-state index >= 15 is 0 Å². The van der Waals surface area contributed by atoms with Gasteiger partial charge < -0.3 is 14.2 Å². The lowest BCUT2D eigenvalue weighted by atomic mass is 9.73. The average Bonchev–Trinajstić information content (AvgIpc) is 3.15. The van der Waals surface area contributed by atoms with E-state index in [4.69, 9.17) is 19.2 Å². The number of carbonyl (C=O) groups excluding carboxylic acids is 1. The van der Waals surface area contributed by atoms with Crippen molar-refractivity contribution in [3.63, 3.8) is 0 Å². The summed E-state index contributed by atoms with van der Waals surface area (Å²) in [6, 6.07) is 12.7. The number of carbonyl (C=O) groups is 1. The number of benzene rings is 2. The lowest BCUT2D eigenvalue weighted by Crippen LogP contribution is -2.42. The van der Waals surface area contributed by atoms with Crippen LogP contribution in [0.15, 0.2) is 63.5 Å². The summed E-state index contributed by atoms with van der Waals surface area (Å²) in [5, 5.41) is 0. The molecule has 2 aliphatic rings. The maximum absolute atomic E-state index is 13.8. The van der Waals surface area contributed by atoms with Crippen LogP contribution in [0.1, 0.15) is 43.9 Å². The monoisotopic (exact) mass is 504 g/mol. The Labute approximate surface area is 213 Å². The second kappa shape index (κ2) is 9.09. The van der Waals surface area contributed by atoms with E-state index < -0.39 is 6.04 Å². The first-order valence-corrected chi connectivity index (χ1v) is 12.5. The number of Topliss-reactive ketones (excluding diaryl/α,β-unsaturated/α-hetero) is 1. The number of ether oxygens (including phenoxy) is 3. The second-order valence-electron chi connectivity index (χ2n) is 9.75. The van der Waals surface area contributed by atoms with E-state index in [1.165, 1.54) is 11.3 Å². The minimum atomic E-state index is -0.647. The molecule has 0 amide bonds. The zero-order valence-corrected chi connectivity index (χ0v) is 21.8. The minimum absolute atomic E-state index is 0.00101. The third-order valence-corrected chi connectivity index (χ3v) is 7.58. The summed E-state index contributed by atoms with van der Waals surface area (Å²) in [5.74, 6) is 1.37. The van der Waals surface area contributed by atoms with E-state index in [-0.39, 0.29) is 16.8 Å². The average molecular weight is 505 g/mol. The van der Waals surface area contributed by atoms with Crippen LogP contribution < -0.4 is 29.1 Å². The number of hydrogen-bond donors (Lipinski definition) is 0. The molecule has 1 aliphatic carbocycles. The zero-order chi connectivity index (χ0) is 25.6. The van der Waals surface area contributed by atoms with Gasteiger partial charge in [-0.1, -0.05) is 55.5 Å². The molecule has 3 aromatic rings. The van der Waals surface area contributed by atoms with Crippen LogP contribution in [0, 0.1) is 5.41 Å². The molecule has 2 aromatic carbocycles. The lowest BCUT2D eigenvalue weighted by molar-refractivity contribution is -0.118. The summed E-state index contributed by atoms with van der Waals surface area (Å²) in [6.45, 7) is 4.15. The Kier molecular flexibility index (Phi) is 6.08. The van der Waals surface area contributed by atoms with Crippen molar-refractivity contribution >= 4 is 23.2 Å². The SMILES string of the molecule is COc1cc(C2C3=C(CC(C)(C)CC3=O)N=c3sc(=Cc4ccccc4)c(=O)n32)cc(OC)c1OC. The Morgan fingerprint density at radius 1 is 1.00 bits per heavy atom. The van der Waals surface area contributed by atoms with Crippen LogP contribution in [-0.2, 0) is 4.79 Å². The topological polar surface area (TPSA) is 79.1 Å². The fraction of sp³-hybridized carbons (Fsp3) is 0.321. The number of thiazole rings is 1. The Morgan fingerprint density at radius 3 is 2.28 bits per heavy atom. The van der Waals surface area contributed by atoms with Crippen LogP contribution in [-0.4, -0.2) is 31.7 Å². The molecular formula is C28H28N2O5S. The quantitative estimate of drug-likeness (QED) is 0.530. The summed E-state index contributed by atoms with van der Waals surface area (Å²) < 4.78 is 18.9. The molecule has 1 unspecified atom stereocenters. The molecule has 8 heteroatoms. The predicted octanol–water partition coefficient (Wildman–Crippen LogP) is 3.63. The van der Waals surface area contributed by atoms with Gasteiger partial charge in [0.1, 0.15) is 0 Å². The number of fused-ring (bicyclic) bond motifs is 1. The van der Waals surface area contributed by atoms with E-state index in [2.05, 4.69) is 13.8 Å². The van der Waals surface area contributed by atoms with Crippen LogP contribution in [0.5, 0.6) is 17.2 Å². The van der Waals surface area contributed by atoms with Gasteiger partial charge in [-0.2, -0.15) is 0 Å². The fourth-order valence-electron chi connectivity index (χ4n) is 5.02. The van der Waals surface area contributed by atoms with Gasteiger partial charge in [0.15, 0.2) is 22.1 Å². The van der Waals surface area contributed by atoms with Gasteiger partial charge in [0.05, 0.1) is 37.6 Å². The molecule has 0 radical (unpaired) electrons. The first-order valence-electron chi connectivity index (χ1n) is 11.7. The molecule has 0 N–H and O–H groups in total. The molecule has 0 spiro atoms. The molecule has 0 fully saturated rings. The van der Waals surface area contributed by atoms with Gasteiger partial charge in [-0.25, -0.2) is 4.99 Å². The molecule has 1 atom stereocenters. The largest absolute Gasteiger partial charge is 0.493 e. The van der Waals surface area contributed by atoms with Crippen LogP contribution in [0.4, 0.5) is 0 Å². The third-order valence-electron chi connectivity index (χ3n) is 6.60.